The maximum Gasteiger partial charge on any atom is 0.174 e. The molecule has 0 radical (unpaired) electrons. The van der Waals surface area contributed by atoms with Crippen molar-refractivity contribution in [1.29, 1.82) is 0 Å². The zero-order valence-electron chi connectivity index (χ0n) is 10.7. The highest BCUT2D eigenvalue weighted by atomic mass is 32.1. The van der Waals surface area contributed by atoms with Crippen LogP contribution in [0.1, 0.15) is 17.4 Å². The second-order valence-electron chi connectivity index (χ2n) is 4.68. The van der Waals surface area contributed by atoms with Gasteiger partial charge in [0.1, 0.15) is 0 Å². The first-order chi connectivity index (χ1) is 9.93. The number of rotatable bonds is 2. The average molecular weight is 283 g/mol. The van der Waals surface area contributed by atoms with Gasteiger partial charge >= 0.3 is 0 Å². The largest absolute Gasteiger partial charge is 0.307 e. The van der Waals surface area contributed by atoms with Crippen molar-refractivity contribution in [2.24, 2.45) is 0 Å². The Morgan fingerprint density at radius 3 is 3.05 bits per heavy atom. The summed E-state index contributed by atoms with van der Waals surface area (Å²) >= 11 is 1.69. The highest BCUT2D eigenvalue weighted by Gasteiger charge is 2.26. The van der Waals surface area contributed by atoms with E-state index < -0.39 is 0 Å². The van der Waals surface area contributed by atoms with Crippen LogP contribution in [0.4, 0.5) is 0 Å². The lowest BCUT2D eigenvalue weighted by Crippen LogP contribution is -2.34. The zero-order chi connectivity index (χ0) is 13.4. The number of nitrogens with one attached hydrogen (secondary N) is 1. The number of pyridine rings is 1. The summed E-state index contributed by atoms with van der Waals surface area (Å²) in [5.74, 6) is 1.93. The topological polar surface area (TPSA) is 55.6 Å². The molecule has 1 aliphatic heterocycles. The molecule has 3 aromatic rings. The number of aromatic nitrogens is 4. The lowest BCUT2D eigenvalue weighted by molar-refractivity contribution is 0.457. The van der Waals surface area contributed by atoms with Crippen molar-refractivity contribution >= 4 is 11.3 Å². The van der Waals surface area contributed by atoms with E-state index in [4.69, 9.17) is 0 Å². The van der Waals surface area contributed by atoms with Gasteiger partial charge in [-0.05, 0) is 23.1 Å². The standard InChI is InChI=1S/C14H13N5S/c1-3-10(9-15-5-1)12-14-18-17-13(11-4-2-8-20-11)19(14)7-6-16-12/h1-5,8-9,12,16H,6-7H2. The van der Waals surface area contributed by atoms with E-state index in [0.717, 1.165) is 35.2 Å². The van der Waals surface area contributed by atoms with Gasteiger partial charge in [-0.25, -0.2) is 0 Å². The molecule has 3 aromatic heterocycles. The molecule has 1 N–H and O–H groups in total. The van der Waals surface area contributed by atoms with E-state index in [0.29, 0.717) is 0 Å². The number of thiophene rings is 1. The van der Waals surface area contributed by atoms with E-state index in [1.54, 1.807) is 17.5 Å². The van der Waals surface area contributed by atoms with Crippen LogP contribution in [-0.2, 0) is 6.54 Å². The third-order valence-corrected chi connectivity index (χ3v) is 4.35. The van der Waals surface area contributed by atoms with E-state index in [-0.39, 0.29) is 6.04 Å². The Balaban J connectivity index is 1.80. The summed E-state index contributed by atoms with van der Waals surface area (Å²) in [7, 11) is 0. The molecule has 0 bridgehead atoms. The molecule has 0 amide bonds. The van der Waals surface area contributed by atoms with Crippen LogP contribution in [-0.4, -0.2) is 26.3 Å². The molecule has 100 valence electrons. The molecule has 0 fully saturated rings. The van der Waals surface area contributed by atoms with Crippen molar-refractivity contribution in [3.8, 4) is 10.7 Å². The zero-order valence-corrected chi connectivity index (χ0v) is 11.5. The van der Waals surface area contributed by atoms with Gasteiger partial charge in [0.25, 0.3) is 0 Å². The summed E-state index contributed by atoms with van der Waals surface area (Å²) in [6.45, 7) is 1.80. The Bertz CT molecular complexity index is 705. The van der Waals surface area contributed by atoms with Crippen LogP contribution in [0.5, 0.6) is 0 Å². The summed E-state index contributed by atoms with van der Waals surface area (Å²) in [5, 5.41) is 14.3. The van der Waals surface area contributed by atoms with E-state index >= 15 is 0 Å². The number of hydrogen-bond donors (Lipinski definition) is 1. The Morgan fingerprint density at radius 1 is 1.25 bits per heavy atom. The minimum atomic E-state index is 0.0682. The molecule has 4 rings (SSSR count). The van der Waals surface area contributed by atoms with Crippen LogP contribution in [0.25, 0.3) is 10.7 Å². The number of fused-ring (bicyclic) bond motifs is 1. The van der Waals surface area contributed by atoms with Crippen molar-refractivity contribution in [3.63, 3.8) is 0 Å². The van der Waals surface area contributed by atoms with Crippen molar-refractivity contribution in [3.05, 3.63) is 53.4 Å². The fourth-order valence-electron chi connectivity index (χ4n) is 2.56. The molecule has 20 heavy (non-hydrogen) atoms. The molecule has 0 saturated carbocycles. The van der Waals surface area contributed by atoms with Gasteiger partial charge in [0.2, 0.25) is 0 Å². The van der Waals surface area contributed by atoms with Crippen molar-refractivity contribution < 1.29 is 0 Å². The van der Waals surface area contributed by atoms with Crippen LogP contribution in [0, 0.1) is 0 Å². The lowest BCUT2D eigenvalue weighted by Gasteiger charge is -2.25. The van der Waals surface area contributed by atoms with Crippen LogP contribution in [0.15, 0.2) is 42.0 Å². The second kappa shape index (κ2) is 4.81. The quantitative estimate of drug-likeness (QED) is 0.782. The van der Waals surface area contributed by atoms with Gasteiger partial charge in [-0.1, -0.05) is 12.1 Å². The molecule has 1 aliphatic rings. The SMILES string of the molecule is c1cncc(C2NCCn3c(-c4cccs4)nnc32)c1. The molecule has 0 aromatic carbocycles. The smallest absolute Gasteiger partial charge is 0.174 e. The van der Waals surface area contributed by atoms with Gasteiger partial charge in [-0.3, -0.25) is 4.98 Å². The first kappa shape index (κ1) is 11.7. The number of nitrogens with zero attached hydrogens (tertiary/aromatic N) is 4. The Hall–Kier alpha value is -2.05. The monoisotopic (exact) mass is 283 g/mol. The fourth-order valence-corrected chi connectivity index (χ4v) is 3.28. The maximum absolute atomic E-state index is 4.40. The normalized spacial score (nSPS) is 17.9. The van der Waals surface area contributed by atoms with Crippen molar-refractivity contribution in [1.82, 2.24) is 25.1 Å². The molecule has 0 saturated heterocycles. The van der Waals surface area contributed by atoms with Crippen LogP contribution >= 0.6 is 11.3 Å². The molecule has 4 heterocycles. The minimum absolute atomic E-state index is 0.0682. The van der Waals surface area contributed by atoms with Crippen molar-refractivity contribution in [2.45, 2.75) is 12.6 Å². The van der Waals surface area contributed by atoms with E-state index in [9.17, 15) is 0 Å². The molecule has 0 aliphatic carbocycles. The molecule has 0 spiro atoms. The lowest BCUT2D eigenvalue weighted by atomic mass is 10.1. The van der Waals surface area contributed by atoms with Gasteiger partial charge in [0.15, 0.2) is 11.6 Å². The number of hydrogen-bond acceptors (Lipinski definition) is 5. The predicted octanol–water partition coefficient (Wildman–Crippen LogP) is 2.09. The first-order valence-electron chi connectivity index (χ1n) is 6.54. The molecule has 1 unspecified atom stereocenters. The Kier molecular flexibility index (Phi) is 2.82. The molecule has 5 nitrogen and oxygen atoms in total. The van der Waals surface area contributed by atoms with Gasteiger partial charge in [0.05, 0.1) is 10.9 Å². The molecular formula is C14H13N5S. The third kappa shape index (κ3) is 1.85. The highest BCUT2D eigenvalue weighted by molar-refractivity contribution is 7.13. The van der Waals surface area contributed by atoms with Gasteiger partial charge in [-0.15, -0.1) is 21.5 Å². The molecule has 6 heteroatoms. The van der Waals surface area contributed by atoms with Crippen LogP contribution in [0.2, 0.25) is 0 Å². The van der Waals surface area contributed by atoms with Crippen LogP contribution in [0.3, 0.4) is 0 Å². The summed E-state index contributed by atoms with van der Waals surface area (Å²) in [6, 6.07) is 8.22. The minimum Gasteiger partial charge on any atom is -0.307 e. The van der Waals surface area contributed by atoms with Crippen LogP contribution < -0.4 is 5.32 Å². The summed E-state index contributed by atoms with van der Waals surface area (Å²) in [4.78, 5) is 5.36. The average Bonchev–Trinajstić information content (AvgIpc) is 3.16. The summed E-state index contributed by atoms with van der Waals surface area (Å²) in [6.07, 6.45) is 3.67. The van der Waals surface area contributed by atoms with Gasteiger partial charge in [0, 0.05) is 25.5 Å². The first-order valence-corrected chi connectivity index (χ1v) is 7.42. The van der Waals surface area contributed by atoms with Crippen molar-refractivity contribution in [2.75, 3.05) is 6.54 Å². The van der Waals surface area contributed by atoms with Gasteiger partial charge < -0.3 is 9.88 Å². The molecule has 1 atom stereocenters. The highest BCUT2D eigenvalue weighted by Crippen LogP contribution is 2.29. The Labute approximate surface area is 120 Å². The third-order valence-electron chi connectivity index (χ3n) is 3.48. The Morgan fingerprint density at radius 2 is 2.25 bits per heavy atom. The molecular weight excluding hydrogens is 270 g/mol. The van der Waals surface area contributed by atoms with E-state index in [1.807, 2.05) is 18.3 Å². The second-order valence-corrected chi connectivity index (χ2v) is 5.63. The van der Waals surface area contributed by atoms with E-state index in [1.165, 1.54) is 0 Å². The summed E-state index contributed by atoms with van der Waals surface area (Å²) < 4.78 is 2.21. The maximum atomic E-state index is 4.40. The fraction of sp³-hybridized carbons (Fsp3) is 0.214. The van der Waals surface area contributed by atoms with E-state index in [2.05, 4.69) is 42.6 Å². The summed E-state index contributed by atoms with van der Waals surface area (Å²) in [5.41, 5.74) is 1.12. The predicted molar refractivity (Wildman–Crippen MR) is 77.4 cm³/mol. The van der Waals surface area contributed by atoms with Gasteiger partial charge in [-0.2, -0.15) is 0 Å².